The van der Waals surface area contributed by atoms with E-state index in [1.165, 1.54) is 0 Å². The first-order valence-electron chi connectivity index (χ1n) is 6.14. The predicted octanol–water partition coefficient (Wildman–Crippen LogP) is 2.06. The molecule has 2 heterocycles. The Balaban J connectivity index is 1.78. The van der Waals surface area contributed by atoms with E-state index in [0.717, 1.165) is 11.3 Å². The molecule has 1 aromatic carbocycles. The molecule has 2 aromatic heterocycles. The van der Waals surface area contributed by atoms with E-state index in [2.05, 4.69) is 20.6 Å². The fourth-order valence-electron chi connectivity index (χ4n) is 1.86. The highest BCUT2D eigenvalue weighted by molar-refractivity contribution is 6.02. The zero-order valence-electron chi connectivity index (χ0n) is 10.9. The SMILES string of the molecule is Cn1ccc(NC(=O)c2cc(-c3ccccc3)n[nH]2)n1. The first-order chi connectivity index (χ1) is 9.72. The van der Waals surface area contributed by atoms with Crippen LogP contribution >= 0.6 is 0 Å². The van der Waals surface area contributed by atoms with Crippen molar-refractivity contribution < 1.29 is 4.79 Å². The number of aromatic nitrogens is 4. The lowest BCUT2D eigenvalue weighted by molar-refractivity contribution is 0.102. The second kappa shape index (κ2) is 5.00. The van der Waals surface area contributed by atoms with Gasteiger partial charge < -0.3 is 5.32 Å². The summed E-state index contributed by atoms with van der Waals surface area (Å²) in [6.45, 7) is 0. The van der Waals surface area contributed by atoms with Gasteiger partial charge in [-0.1, -0.05) is 30.3 Å². The van der Waals surface area contributed by atoms with Gasteiger partial charge in [0, 0.05) is 24.9 Å². The van der Waals surface area contributed by atoms with E-state index in [1.807, 2.05) is 30.3 Å². The molecule has 0 bridgehead atoms. The maximum atomic E-state index is 12.0. The van der Waals surface area contributed by atoms with Crippen LogP contribution in [0.15, 0.2) is 48.7 Å². The van der Waals surface area contributed by atoms with Crippen molar-refractivity contribution in [2.24, 2.45) is 7.05 Å². The summed E-state index contributed by atoms with van der Waals surface area (Å²) in [5, 5.41) is 13.7. The number of benzene rings is 1. The van der Waals surface area contributed by atoms with Gasteiger partial charge in [-0.2, -0.15) is 10.2 Å². The molecule has 0 spiro atoms. The average Bonchev–Trinajstić information content (AvgIpc) is 3.09. The Morgan fingerprint density at radius 3 is 2.75 bits per heavy atom. The smallest absolute Gasteiger partial charge is 0.274 e. The summed E-state index contributed by atoms with van der Waals surface area (Å²) in [4.78, 5) is 12.0. The number of H-pyrrole nitrogens is 1. The van der Waals surface area contributed by atoms with Crippen LogP contribution in [-0.4, -0.2) is 25.9 Å². The third-order valence-corrected chi connectivity index (χ3v) is 2.85. The summed E-state index contributed by atoms with van der Waals surface area (Å²) in [6.07, 6.45) is 1.76. The molecular formula is C14H13N5O. The van der Waals surface area contributed by atoms with Crippen molar-refractivity contribution in [2.45, 2.75) is 0 Å². The van der Waals surface area contributed by atoms with Crippen molar-refractivity contribution in [1.29, 1.82) is 0 Å². The van der Waals surface area contributed by atoms with E-state index in [9.17, 15) is 4.79 Å². The molecule has 3 rings (SSSR count). The molecule has 3 aromatic rings. The van der Waals surface area contributed by atoms with Gasteiger partial charge >= 0.3 is 0 Å². The number of hydrogen-bond acceptors (Lipinski definition) is 3. The Kier molecular flexibility index (Phi) is 3.04. The maximum absolute atomic E-state index is 12.0. The third kappa shape index (κ3) is 2.44. The molecule has 1 amide bonds. The quantitative estimate of drug-likeness (QED) is 0.762. The lowest BCUT2D eigenvalue weighted by atomic mass is 10.1. The van der Waals surface area contributed by atoms with Gasteiger partial charge in [0.15, 0.2) is 5.82 Å². The number of nitrogens with zero attached hydrogens (tertiary/aromatic N) is 3. The minimum atomic E-state index is -0.265. The maximum Gasteiger partial charge on any atom is 0.274 e. The molecule has 0 atom stereocenters. The molecule has 2 N–H and O–H groups in total. The Hall–Kier alpha value is -2.89. The molecular weight excluding hydrogens is 254 g/mol. The van der Waals surface area contributed by atoms with Crippen LogP contribution in [-0.2, 0) is 7.05 Å². The van der Waals surface area contributed by atoms with Gasteiger partial charge in [-0.15, -0.1) is 0 Å². The monoisotopic (exact) mass is 267 g/mol. The summed E-state index contributed by atoms with van der Waals surface area (Å²) in [5.74, 6) is 0.242. The largest absolute Gasteiger partial charge is 0.304 e. The van der Waals surface area contributed by atoms with Gasteiger partial charge in [-0.3, -0.25) is 14.6 Å². The molecule has 0 saturated carbocycles. The van der Waals surface area contributed by atoms with Gasteiger partial charge in [0.05, 0.1) is 5.69 Å². The molecule has 0 fully saturated rings. The van der Waals surface area contributed by atoms with Crippen molar-refractivity contribution in [2.75, 3.05) is 5.32 Å². The highest BCUT2D eigenvalue weighted by atomic mass is 16.2. The summed E-state index contributed by atoms with van der Waals surface area (Å²) >= 11 is 0. The second-order valence-electron chi connectivity index (χ2n) is 4.36. The topological polar surface area (TPSA) is 75.6 Å². The Morgan fingerprint density at radius 2 is 2.05 bits per heavy atom. The Labute approximate surface area is 115 Å². The molecule has 0 aliphatic rings. The summed E-state index contributed by atoms with van der Waals surface area (Å²) < 4.78 is 1.62. The standard InChI is InChI=1S/C14H13N5O/c1-19-8-7-13(18-19)15-14(20)12-9-11(16-17-12)10-5-3-2-4-6-10/h2-9H,1H3,(H,16,17)(H,15,18,20). The molecule has 0 radical (unpaired) electrons. The highest BCUT2D eigenvalue weighted by Crippen LogP contribution is 2.17. The molecule has 0 unspecified atom stereocenters. The number of nitrogens with one attached hydrogen (secondary N) is 2. The second-order valence-corrected chi connectivity index (χ2v) is 4.36. The Morgan fingerprint density at radius 1 is 1.25 bits per heavy atom. The lowest BCUT2D eigenvalue weighted by Gasteiger charge is -1.97. The molecule has 0 aliphatic carbocycles. The van der Waals surface area contributed by atoms with Crippen molar-refractivity contribution in [3.8, 4) is 11.3 Å². The van der Waals surface area contributed by atoms with Crippen LogP contribution in [0, 0.1) is 0 Å². The first-order valence-corrected chi connectivity index (χ1v) is 6.14. The van der Waals surface area contributed by atoms with E-state index in [0.29, 0.717) is 11.5 Å². The number of aryl methyl sites for hydroxylation is 1. The molecule has 20 heavy (non-hydrogen) atoms. The number of carbonyl (C=O) groups excluding carboxylic acids is 1. The minimum absolute atomic E-state index is 0.265. The zero-order valence-corrected chi connectivity index (χ0v) is 10.9. The molecule has 0 aliphatic heterocycles. The molecule has 6 heteroatoms. The van der Waals surface area contributed by atoms with E-state index in [1.54, 1.807) is 30.1 Å². The van der Waals surface area contributed by atoms with E-state index < -0.39 is 0 Å². The van der Waals surface area contributed by atoms with Gasteiger partial charge in [0.1, 0.15) is 5.69 Å². The van der Waals surface area contributed by atoms with Crippen molar-refractivity contribution in [1.82, 2.24) is 20.0 Å². The van der Waals surface area contributed by atoms with Crippen LogP contribution in [0.25, 0.3) is 11.3 Å². The summed E-state index contributed by atoms with van der Waals surface area (Å²) in [5.41, 5.74) is 2.09. The van der Waals surface area contributed by atoms with Crippen LogP contribution in [0.3, 0.4) is 0 Å². The number of hydrogen-bond donors (Lipinski definition) is 2. The Bertz CT molecular complexity index is 729. The minimum Gasteiger partial charge on any atom is -0.304 e. The van der Waals surface area contributed by atoms with Crippen LogP contribution in [0.4, 0.5) is 5.82 Å². The van der Waals surface area contributed by atoms with Crippen molar-refractivity contribution in [3.63, 3.8) is 0 Å². The van der Waals surface area contributed by atoms with Crippen LogP contribution in [0.2, 0.25) is 0 Å². The molecule has 6 nitrogen and oxygen atoms in total. The van der Waals surface area contributed by atoms with Gasteiger partial charge in [0.2, 0.25) is 0 Å². The van der Waals surface area contributed by atoms with Gasteiger partial charge in [0.25, 0.3) is 5.91 Å². The normalized spacial score (nSPS) is 10.4. The first kappa shape index (κ1) is 12.2. The molecule has 0 saturated heterocycles. The number of amides is 1. The van der Waals surface area contributed by atoms with E-state index >= 15 is 0 Å². The number of anilines is 1. The zero-order chi connectivity index (χ0) is 13.9. The van der Waals surface area contributed by atoms with Crippen LogP contribution in [0.5, 0.6) is 0 Å². The van der Waals surface area contributed by atoms with Crippen LogP contribution in [0.1, 0.15) is 10.5 Å². The number of aromatic amines is 1. The number of carbonyl (C=O) groups is 1. The van der Waals surface area contributed by atoms with Gasteiger partial charge in [-0.25, -0.2) is 0 Å². The fourth-order valence-corrected chi connectivity index (χ4v) is 1.86. The van der Waals surface area contributed by atoms with Crippen molar-refractivity contribution in [3.05, 3.63) is 54.4 Å². The van der Waals surface area contributed by atoms with E-state index in [-0.39, 0.29) is 5.91 Å². The van der Waals surface area contributed by atoms with E-state index in [4.69, 9.17) is 0 Å². The third-order valence-electron chi connectivity index (χ3n) is 2.85. The average molecular weight is 267 g/mol. The lowest BCUT2D eigenvalue weighted by Crippen LogP contribution is -2.12. The van der Waals surface area contributed by atoms with Crippen LogP contribution < -0.4 is 5.32 Å². The predicted molar refractivity (Wildman–Crippen MR) is 75.2 cm³/mol. The molecule has 100 valence electrons. The highest BCUT2D eigenvalue weighted by Gasteiger charge is 2.12. The summed E-state index contributed by atoms with van der Waals surface area (Å²) in [6, 6.07) is 13.1. The summed E-state index contributed by atoms with van der Waals surface area (Å²) in [7, 11) is 1.79. The fraction of sp³-hybridized carbons (Fsp3) is 0.0714. The van der Waals surface area contributed by atoms with Gasteiger partial charge in [-0.05, 0) is 6.07 Å². The van der Waals surface area contributed by atoms with Crippen molar-refractivity contribution >= 4 is 11.7 Å². The number of rotatable bonds is 3.